The van der Waals surface area contributed by atoms with Crippen LogP contribution < -0.4 is 0 Å². The van der Waals surface area contributed by atoms with Crippen LogP contribution in [0.4, 0.5) is 0 Å². The van der Waals surface area contributed by atoms with Gasteiger partial charge in [0.05, 0.1) is 19.1 Å². The maximum absolute atomic E-state index is 11.4. The Morgan fingerprint density at radius 1 is 1.28 bits per heavy atom. The van der Waals surface area contributed by atoms with Gasteiger partial charge < -0.3 is 4.74 Å². The van der Waals surface area contributed by atoms with Crippen LogP contribution in [0.5, 0.6) is 0 Å². The molecule has 0 aromatic heterocycles. The van der Waals surface area contributed by atoms with Crippen LogP contribution in [0, 0.1) is 23.2 Å². The summed E-state index contributed by atoms with van der Waals surface area (Å²) in [5.41, 5.74) is 1.06. The van der Waals surface area contributed by atoms with E-state index in [1.165, 1.54) is 0 Å². The van der Waals surface area contributed by atoms with Crippen LogP contribution in [0.3, 0.4) is 0 Å². The van der Waals surface area contributed by atoms with Gasteiger partial charge in [0.15, 0.2) is 5.78 Å². The van der Waals surface area contributed by atoms with Crippen molar-refractivity contribution in [2.75, 3.05) is 6.61 Å². The molecule has 0 fully saturated rings. The second-order valence-corrected chi connectivity index (χ2v) is 3.31. The Labute approximate surface area is 105 Å². The Morgan fingerprint density at radius 2 is 1.94 bits per heavy atom. The number of esters is 1. The third-order valence-electron chi connectivity index (χ3n) is 2.03. The zero-order valence-corrected chi connectivity index (χ0v) is 9.90. The Balaban J connectivity index is 2.75. The van der Waals surface area contributed by atoms with Gasteiger partial charge in [0, 0.05) is 17.0 Å². The quantitative estimate of drug-likeness (QED) is 0.459. The molecule has 0 aliphatic heterocycles. The van der Waals surface area contributed by atoms with Crippen LogP contribution in [0.1, 0.15) is 29.3 Å². The number of ketones is 1. The third-order valence-corrected chi connectivity index (χ3v) is 2.03. The number of Topliss-reactive ketones (excluding diaryl/α,β-unsaturated/α-hetero) is 1. The van der Waals surface area contributed by atoms with Crippen LogP contribution in [0.15, 0.2) is 24.3 Å². The predicted molar refractivity (Wildman–Crippen MR) is 64.5 cm³/mol. The molecule has 4 heteroatoms. The van der Waals surface area contributed by atoms with E-state index in [-0.39, 0.29) is 18.8 Å². The number of benzene rings is 1. The number of hydrogen-bond donors (Lipinski definition) is 0. The third kappa shape index (κ3) is 4.11. The maximum atomic E-state index is 11.4. The van der Waals surface area contributed by atoms with E-state index < -0.39 is 5.97 Å². The highest BCUT2D eigenvalue weighted by Crippen LogP contribution is 2.05. The number of nitrogens with zero attached hydrogens (tertiary/aromatic N) is 1. The summed E-state index contributed by atoms with van der Waals surface area (Å²) in [7, 11) is 0. The lowest BCUT2D eigenvalue weighted by molar-refractivity contribution is -0.136. The van der Waals surface area contributed by atoms with Gasteiger partial charge in [0.25, 0.3) is 0 Å². The standard InChI is InChI=1S/C14H11NO3/c1-2-18-14(17)8-5-11-3-6-12(7-4-11)13(16)9-10-15/h3-4,6-7H,2,9H2,1H3. The molecule has 0 aliphatic carbocycles. The molecule has 0 aliphatic rings. The topological polar surface area (TPSA) is 67.2 Å². The molecule has 0 heterocycles. The van der Waals surface area contributed by atoms with Gasteiger partial charge in [0.1, 0.15) is 0 Å². The molecule has 0 radical (unpaired) electrons. The lowest BCUT2D eigenvalue weighted by Crippen LogP contribution is -1.99. The molecule has 0 N–H and O–H groups in total. The second kappa shape index (κ2) is 6.88. The zero-order chi connectivity index (χ0) is 13.4. The fourth-order valence-corrected chi connectivity index (χ4v) is 1.20. The van der Waals surface area contributed by atoms with Crippen molar-refractivity contribution in [1.82, 2.24) is 0 Å². The molecule has 0 bridgehead atoms. The molecule has 0 unspecified atom stereocenters. The van der Waals surface area contributed by atoms with Crippen molar-refractivity contribution in [3.05, 3.63) is 35.4 Å². The Bertz CT molecular complexity index is 541. The summed E-state index contributed by atoms with van der Waals surface area (Å²) in [6, 6.07) is 8.20. The van der Waals surface area contributed by atoms with Gasteiger partial charge in [-0.2, -0.15) is 5.26 Å². The van der Waals surface area contributed by atoms with Crippen LogP contribution in [0.2, 0.25) is 0 Å². The van der Waals surface area contributed by atoms with Gasteiger partial charge in [-0.3, -0.25) is 4.79 Å². The number of hydrogen-bond acceptors (Lipinski definition) is 4. The van der Waals surface area contributed by atoms with Crippen molar-refractivity contribution in [1.29, 1.82) is 5.26 Å². The summed E-state index contributed by atoms with van der Waals surface area (Å²) in [6.07, 6.45) is -0.145. The Hall–Kier alpha value is -2.59. The molecule has 1 aromatic carbocycles. The molecule has 0 atom stereocenters. The predicted octanol–water partition coefficient (Wildman–Crippen LogP) is 1.70. The van der Waals surface area contributed by atoms with Gasteiger partial charge in [-0.15, -0.1) is 0 Å². The minimum atomic E-state index is -0.581. The highest BCUT2D eigenvalue weighted by atomic mass is 16.5. The van der Waals surface area contributed by atoms with Crippen molar-refractivity contribution in [2.45, 2.75) is 13.3 Å². The summed E-state index contributed by atoms with van der Waals surface area (Å²) >= 11 is 0. The molecule has 1 rings (SSSR count). The molecule has 0 saturated carbocycles. The molecule has 0 spiro atoms. The molecule has 4 nitrogen and oxygen atoms in total. The molecule has 0 saturated heterocycles. The first kappa shape index (κ1) is 13.5. The van der Waals surface area contributed by atoms with Gasteiger partial charge in [0.2, 0.25) is 0 Å². The maximum Gasteiger partial charge on any atom is 0.384 e. The molecule has 90 valence electrons. The van der Waals surface area contributed by atoms with Gasteiger partial charge in [-0.05, 0) is 19.1 Å². The fourth-order valence-electron chi connectivity index (χ4n) is 1.20. The van der Waals surface area contributed by atoms with E-state index in [0.717, 1.165) is 0 Å². The lowest BCUT2D eigenvalue weighted by Gasteiger charge is -1.96. The second-order valence-electron chi connectivity index (χ2n) is 3.31. The zero-order valence-electron chi connectivity index (χ0n) is 9.90. The number of carbonyl (C=O) groups is 2. The van der Waals surface area contributed by atoms with E-state index in [4.69, 9.17) is 5.26 Å². The molecule has 1 aromatic rings. The van der Waals surface area contributed by atoms with Crippen molar-refractivity contribution in [3.8, 4) is 17.9 Å². The fraction of sp³-hybridized carbons (Fsp3) is 0.214. The first-order valence-electron chi connectivity index (χ1n) is 5.36. The summed E-state index contributed by atoms with van der Waals surface area (Å²) < 4.78 is 4.65. The number of ether oxygens (including phenoxy) is 1. The van der Waals surface area contributed by atoms with E-state index in [1.807, 2.05) is 0 Å². The van der Waals surface area contributed by atoms with E-state index in [0.29, 0.717) is 11.1 Å². The van der Waals surface area contributed by atoms with Crippen molar-refractivity contribution < 1.29 is 14.3 Å². The summed E-state index contributed by atoms with van der Waals surface area (Å²) in [6.45, 7) is 1.99. The van der Waals surface area contributed by atoms with Crippen molar-refractivity contribution in [3.63, 3.8) is 0 Å². The van der Waals surface area contributed by atoms with Gasteiger partial charge in [-0.1, -0.05) is 18.1 Å². The monoisotopic (exact) mass is 241 g/mol. The Morgan fingerprint density at radius 3 is 2.50 bits per heavy atom. The van der Waals surface area contributed by atoms with Crippen LogP contribution in [-0.4, -0.2) is 18.4 Å². The number of carbonyl (C=O) groups excluding carboxylic acids is 2. The SMILES string of the molecule is CCOC(=O)C#Cc1ccc(C(=O)CC#N)cc1. The smallest absolute Gasteiger partial charge is 0.384 e. The molecule has 0 amide bonds. The summed E-state index contributed by atoms with van der Waals surface area (Å²) in [5.74, 6) is 4.14. The van der Waals surface area contributed by atoms with E-state index >= 15 is 0 Å². The van der Waals surface area contributed by atoms with Gasteiger partial charge >= 0.3 is 5.97 Å². The van der Waals surface area contributed by atoms with Crippen LogP contribution in [-0.2, 0) is 9.53 Å². The normalized spacial score (nSPS) is 8.67. The van der Waals surface area contributed by atoms with Crippen molar-refractivity contribution in [2.24, 2.45) is 0 Å². The lowest BCUT2D eigenvalue weighted by atomic mass is 10.1. The molecular weight excluding hydrogens is 230 g/mol. The van der Waals surface area contributed by atoms with E-state index in [1.54, 1.807) is 37.3 Å². The highest BCUT2D eigenvalue weighted by molar-refractivity contribution is 5.97. The number of rotatable bonds is 3. The first-order valence-corrected chi connectivity index (χ1v) is 5.36. The average molecular weight is 241 g/mol. The Kier molecular flexibility index (Phi) is 5.15. The van der Waals surface area contributed by atoms with Crippen LogP contribution in [0.25, 0.3) is 0 Å². The number of nitriles is 1. The summed E-state index contributed by atoms with van der Waals surface area (Å²) in [5, 5.41) is 8.40. The van der Waals surface area contributed by atoms with Crippen molar-refractivity contribution >= 4 is 11.8 Å². The summed E-state index contributed by atoms with van der Waals surface area (Å²) in [4.78, 5) is 22.4. The van der Waals surface area contributed by atoms with E-state index in [2.05, 4.69) is 16.6 Å². The molecular formula is C14H11NO3. The average Bonchev–Trinajstić information content (AvgIpc) is 2.37. The highest BCUT2D eigenvalue weighted by Gasteiger charge is 2.03. The molecule has 18 heavy (non-hydrogen) atoms. The van der Waals surface area contributed by atoms with E-state index in [9.17, 15) is 9.59 Å². The minimum absolute atomic E-state index is 0.145. The van der Waals surface area contributed by atoms with Crippen LogP contribution >= 0.6 is 0 Å². The van der Waals surface area contributed by atoms with Gasteiger partial charge in [-0.25, -0.2) is 4.79 Å². The largest absolute Gasteiger partial charge is 0.456 e. The minimum Gasteiger partial charge on any atom is -0.456 e. The first-order chi connectivity index (χ1) is 8.67.